The first-order valence-corrected chi connectivity index (χ1v) is 12.4. The van der Waals surface area contributed by atoms with Crippen LogP contribution < -0.4 is 15.6 Å². The van der Waals surface area contributed by atoms with Gasteiger partial charge >= 0.3 is 6.18 Å². The van der Waals surface area contributed by atoms with Crippen LogP contribution in [0.25, 0.3) is 5.57 Å². The van der Waals surface area contributed by atoms with E-state index in [0.717, 1.165) is 29.5 Å². The van der Waals surface area contributed by atoms with Crippen molar-refractivity contribution in [2.75, 3.05) is 26.5 Å². The predicted molar refractivity (Wildman–Crippen MR) is 138 cm³/mol. The zero-order valence-electron chi connectivity index (χ0n) is 21.3. The lowest BCUT2D eigenvalue weighted by Gasteiger charge is -2.43. The number of likely N-dealkylation sites (tertiary alicyclic amines) is 1. The molecular formula is C24H31F5N6O2S. The summed E-state index contributed by atoms with van der Waals surface area (Å²) in [4.78, 5) is 16.8. The summed E-state index contributed by atoms with van der Waals surface area (Å²) in [6.45, 7) is 2.55. The number of alkyl halides is 5. The minimum atomic E-state index is -4.84. The number of ether oxygens (including phenoxy) is 1. The van der Waals surface area contributed by atoms with E-state index in [9.17, 15) is 26.7 Å². The van der Waals surface area contributed by atoms with Crippen LogP contribution in [0, 0.1) is 23.7 Å². The zero-order chi connectivity index (χ0) is 28.7. The highest BCUT2D eigenvalue weighted by atomic mass is 32.2. The Kier molecular flexibility index (Phi) is 10.7. The molecule has 1 aromatic rings. The first-order chi connectivity index (χ1) is 17.7. The van der Waals surface area contributed by atoms with Gasteiger partial charge in [0.05, 0.1) is 13.7 Å². The largest absolute Gasteiger partial charge is 0.481 e. The van der Waals surface area contributed by atoms with Crippen LogP contribution in [0.3, 0.4) is 0 Å². The van der Waals surface area contributed by atoms with E-state index in [-0.39, 0.29) is 11.3 Å². The van der Waals surface area contributed by atoms with E-state index < -0.39 is 60.1 Å². The van der Waals surface area contributed by atoms with Gasteiger partial charge in [0.25, 0.3) is 11.8 Å². The Morgan fingerprint density at radius 1 is 1.24 bits per heavy atom. The molecule has 14 heteroatoms. The van der Waals surface area contributed by atoms with E-state index in [1.54, 1.807) is 38.2 Å². The third kappa shape index (κ3) is 8.18. The molecule has 2 rings (SSSR count). The molecule has 1 amide bonds. The van der Waals surface area contributed by atoms with E-state index in [2.05, 4.69) is 20.3 Å². The summed E-state index contributed by atoms with van der Waals surface area (Å²) in [5.41, 5.74) is 2.14. The van der Waals surface area contributed by atoms with Gasteiger partial charge < -0.3 is 20.4 Å². The van der Waals surface area contributed by atoms with Crippen LogP contribution in [-0.4, -0.2) is 67.0 Å². The third-order valence-electron chi connectivity index (χ3n) is 5.83. The summed E-state index contributed by atoms with van der Waals surface area (Å²) in [6.07, 6.45) is -3.36. The minimum Gasteiger partial charge on any atom is -0.481 e. The second-order valence-corrected chi connectivity index (χ2v) is 9.60. The van der Waals surface area contributed by atoms with Crippen LogP contribution >= 0.6 is 11.9 Å². The number of carbonyl (C=O) groups is 1. The molecule has 1 fully saturated rings. The molecule has 1 aliphatic heterocycles. The summed E-state index contributed by atoms with van der Waals surface area (Å²) in [5.74, 6) is -5.76. The third-order valence-corrected chi connectivity index (χ3v) is 6.60. The Hall–Kier alpha value is -3.13. The monoisotopic (exact) mass is 562 g/mol. The van der Waals surface area contributed by atoms with Crippen LogP contribution in [0.1, 0.15) is 24.5 Å². The normalized spacial score (nSPS) is 20.1. The molecule has 0 aromatic heterocycles. The highest BCUT2D eigenvalue weighted by molar-refractivity contribution is 7.97. The fourth-order valence-corrected chi connectivity index (χ4v) is 4.82. The van der Waals surface area contributed by atoms with Gasteiger partial charge in [0, 0.05) is 43.2 Å². The molecule has 1 heterocycles. The number of rotatable bonds is 10. The Morgan fingerprint density at radius 3 is 2.42 bits per heavy atom. The van der Waals surface area contributed by atoms with E-state index >= 15 is 0 Å². The Bertz CT molecular complexity index is 1080. The van der Waals surface area contributed by atoms with E-state index in [1.165, 1.54) is 6.20 Å². The summed E-state index contributed by atoms with van der Waals surface area (Å²) in [7, 11) is 2.53. The molecule has 210 valence electrons. The number of nitrogens with one attached hydrogen (secondary N) is 5. The van der Waals surface area contributed by atoms with Gasteiger partial charge in [0.15, 0.2) is 0 Å². The minimum absolute atomic E-state index is 0.0375. The number of aryl methyl sites for hydroxylation is 1. The molecule has 1 aromatic carbocycles. The molecule has 8 nitrogen and oxygen atoms in total. The fraction of sp³-hybridized carbons (Fsp3) is 0.458. The smallest absolute Gasteiger partial charge is 0.423 e. The van der Waals surface area contributed by atoms with Crippen LogP contribution in [-0.2, 0) is 9.53 Å². The number of hydrogen-bond donors (Lipinski definition) is 5. The zero-order valence-corrected chi connectivity index (χ0v) is 22.1. The van der Waals surface area contributed by atoms with Gasteiger partial charge in [-0.15, -0.1) is 0 Å². The van der Waals surface area contributed by atoms with E-state index in [1.807, 2.05) is 6.92 Å². The van der Waals surface area contributed by atoms with Gasteiger partial charge in [0.2, 0.25) is 5.90 Å². The number of benzene rings is 1. The number of piperidine rings is 1. The molecule has 2 atom stereocenters. The summed E-state index contributed by atoms with van der Waals surface area (Å²) in [5, 5.41) is 18.6. The Balaban J connectivity index is 2.20. The molecule has 5 N–H and O–H groups in total. The maximum atomic E-state index is 14.5. The number of methoxy groups -OCH3 is 1. The van der Waals surface area contributed by atoms with Gasteiger partial charge in [-0.25, -0.2) is 8.78 Å². The molecule has 0 spiro atoms. The number of hydrogen-bond acceptors (Lipinski definition) is 8. The standard InChI is InChI=1S/C24H31F5N6O2S/c1-14-5-7-16(8-6-14)17(10-32-3)20(30)22(36)35-13-23(25,26)9-15(2)19(35)12-38-34-33-11-18(21(31)37-4)24(27,28)29/h5-8,10-11,15,19,30-34H,9,12-13H2,1-4H3/b17-10-,18-11+,30-20?,31-21?. The van der Waals surface area contributed by atoms with Gasteiger partial charge in [-0.1, -0.05) is 48.7 Å². The first-order valence-electron chi connectivity index (χ1n) is 11.5. The summed E-state index contributed by atoms with van der Waals surface area (Å²) in [6, 6.07) is 6.32. The molecule has 0 bridgehead atoms. The summed E-state index contributed by atoms with van der Waals surface area (Å²) >= 11 is 0.865. The maximum absolute atomic E-state index is 14.5. The van der Waals surface area contributed by atoms with Crippen molar-refractivity contribution in [1.29, 1.82) is 10.8 Å². The Labute approximate surface area is 222 Å². The second-order valence-electron chi connectivity index (χ2n) is 8.77. The molecule has 0 radical (unpaired) electrons. The van der Waals surface area contributed by atoms with Crippen molar-refractivity contribution in [3.63, 3.8) is 0 Å². The molecular weight excluding hydrogens is 531 g/mol. The van der Waals surface area contributed by atoms with Gasteiger partial charge in [-0.3, -0.25) is 15.6 Å². The molecule has 1 saturated heterocycles. The number of amides is 1. The lowest BCUT2D eigenvalue weighted by molar-refractivity contribution is -0.144. The van der Waals surface area contributed by atoms with Crippen LogP contribution in [0.5, 0.6) is 0 Å². The predicted octanol–water partition coefficient (Wildman–Crippen LogP) is 4.26. The number of nitrogens with zero attached hydrogens (tertiary/aromatic N) is 1. The van der Waals surface area contributed by atoms with Crippen molar-refractivity contribution in [3.8, 4) is 0 Å². The topological polar surface area (TPSA) is 113 Å². The van der Waals surface area contributed by atoms with E-state index in [0.29, 0.717) is 11.8 Å². The van der Waals surface area contributed by atoms with Crippen molar-refractivity contribution >= 4 is 35.0 Å². The van der Waals surface area contributed by atoms with Gasteiger partial charge in [-0.05, 0) is 18.4 Å². The lowest BCUT2D eigenvalue weighted by Crippen LogP contribution is -2.58. The number of halogens is 5. The maximum Gasteiger partial charge on any atom is 0.423 e. The highest BCUT2D eigenvalue weighted by Gasteiger charge is 2.46. The van der Waals surface area contributed by atoms with Crippen LogP contribution in [0.15, 0.2) is 42.2 Å². The summed E-state index contributed by atoms with van der Waals surface area (Å²) < 4.78 is 72.5. The SMILES string of the molecule is CN/C=C(\C(=N)C(=O)N1CC(F)(F)CC(C)C1CSNN/C=C(\C(=N)OC)C(F)(F)F)c1ccc(C)cc1. The quantitative estimate of drug-likeness (QED) is 0.0728. The lowest BCUT2D eigenvalue weighted by atomic mass is 9.88. The van der Waals surface area contributed by atoms with Crippen LogP contribution in [0.4, 0.5) is 22.0 Å². The molecule has 0 saturated carbocycles. The molecule has 38 heavy (non-hydrogen) atoms. The first kappa shape index (κ1) is 31.1. The van der Waals surface area contributed by atoms with Crippen molar-refractivity contribution in [1.82, 2.24) is 20.5 Å². The van der Waals surface area contributed by atoms with Crippen molar-refractivity contribution in [3.05, 3.63) is 53.4 Å². The van der Waals surface area contributed by atoms with Gasteiger partial charge in [-0.2, -0.15) is 18.0 Å². The van der Waals surface area contributed by atoms with Crippen molar-refractivity contribution in [2.24, 2.45) is 5.92 Å². The van der Waals surface area contributed by atoms with E-state index in [4.69, 9.17) is 10.8 Å². The van der Waals surface area contributed by atoms with Crippen molar-refractivity contribution < 1.29 is 31.5 Å². The second kappa shape index (κ2) is 13.1. The average Bonchev–Trinajstić information content (AvgIpc) is 2.83. The van der Waals surface area contributed by atoms with Crippen LogP contribution in [0.2, 0.25) is 0 Å². The fourth-order valence-electron chi connectivity index (χ4n) is 3.91. The highest BCUT2D eigenvalue weighted by Crippen LogP contribution is 2.36. The molecule has 0 aliphatic carbocycles. The van der Waals surface area contributed by atoms with Gasteiger partial charge in [0.1, 0.15) is 11.3 Å². The molecule has 2 unspecified atom stereocenters. The average molecular weight is 563 g/mol. The Morgan fingerprint density at radius 2 is 1.87 bits per heavy atom. The molecule has 1 aliphatic rings. The van der Waals surface area contributed by atoms with Crippen molar-refractivity contribution in [2.45, 2.75) is 38.4 Å². The number of hydrazine groups is 1. The number of carbonyl (C=O) groups excluding carboxylic acids is 1.